The molecule has 0 radical (unpaired) electrons. The van der Waals surface area contributed by atoms with E-state index >= 15 is 0 Å². The Morgan fingerprint density at radius 1 is 1.60 bits per heavy atom. The minimum absolute atomic E-state index is 1.04. The van der Waals surface area contributed by atoms with E-state index in [0.29, 0.717) is 0 Å². The number of fused-ring (bicyclic) bond motifs is 1. The van der Waals surface area contributed by atoms with Crippen LogP contribution < -0.4 is 4.72 Å². The van der Waals surface area contributed by atoms with Crippen LogP contribution in [0.5, 0.6) is 0 Å². The van der Waals surface area contributed by atoms with E-state index in [1.807, 2.05) is 12.3 Å². The topological polar surface area (TPSA) is 24.4 Å². The maximum atomic E-state index is 4.20. The largest absolute Gasteiger partial charge is 0.260 e. The highest BCUT2D eigenvalue weighted by molar-refractivity contribution is 8.01. The standard InChI is InChI=1S/C7H8N2S/c1-2-6-7(3-5-8-6)10-9-4-1/h2-3,5,9H,1,4H2. The molecule has 0 fully saturated rings. The van der Waals surface area contributed by atoms with Crippen molar-refractivity contribution in [3.8, 4) is 0 Å². The quantitative estimate of drug-likeness (QED) is 0.532. The molecule has 3 heteroatoms. The lowest BCUT2D eigenvalue weighted by atomic mass is 10.3. The van der Waals surface area contributed by atoms with Gasteiger partial charge in [0, 0.05) is 17.7 Å². The van der Waals surface area contributed by atoms with Crippen LogP contribution >= 0.6 is 11.9 Å². The molecule has 0 aliphatic carbocycles. The van der Waals surface area contributed by atoms with Gasteiger partial charge in [0.05, 0.1) is 5.70 Å². The van der Waals surface area contributed by atoms with Gasteiger partial charge in [0.15, 0.2) is 0 Å². The molecule has 10 heavy (non-hydrogen) atoms. The van der Waals surface area contributed by atoms with Crippen LogP contribution in [0.25, 0.3) is 0 Å². The third kappa shape index (κ3) is 1.02. The Morgan fingerprint density at radius 2 is 2.60 bits per heavy atom. The van der Waals surface area contributed by atoms with Crippen molar-refractivity contribution in [1.29, 1.82) is 0 Å². The lowest BCUT2D eigenvalue weighted by Gasteiger charge is -1.97. The molecule has 2 aliphatic rings. The van der Waals surface area contributed by atoms with Crippen molar-refractivity contribution in [3.63, 3.8) is 0 Å². The Bertz CT molecular complexity index is 228. The van der Waals surface area contributed by atoms with Gasteiger partial charge in [-0.25, -0.2) is 0 Å². The zero-order valence-corrected chi connectivity index (χ0v) is 6.32. The molecule has 0 bridgehead atoms. The molecule has 2 heterocycles. The lowest BCUT2D eigenvalue weighted by molar-refractivity contribution is 0.942. The van der Waals surface area contributed by atoms with E-state index in [0.717, 1.165) is 18.7 Å². The smallest absolute Gasteiger partial charge is 0.0739 e. The Hall–Kier alpha value is -0.540. The monoisotopic (exact) mass is 152 g/mol. The van der Waals surface area contributed by atoms with Gasteiger partial charge in [-0.15, -0.1) is 0 Å². The minimum atomic E-state index is 1.04. The SMILES string of the molecule is C1=NC2=CCCNSC2=C1. The molecule has 2 rings (SSSR count). The molecule has 0 saturated heterocycles. The molecule has 0 amide bonds. The fourth-order valence-corrected chi connectivity index (χ4v) is 1.72. The molecule has 0 saturated carbocycles. The fourth-order valence-electron chi connectivity index (χ4n) is 0.970. The first kappa shape index (κ1) is 6.19. The second kappa shape index (κ2) is 2.60. The van der Waals surface area contributed by atoms with Crippen molar-refractivity contribution in [2.45, 2.75) is 6.42 Å². The zero-order chi connectivity index (χ0) is 6.81. The summed E-state index contributed by atoms with van der Waals surface area (Å²) in [7, 11) is 0. The summed E-state index contributed by atoms with van der Waals surface area (Å²) in [5, 5.41) is 0. The van der Waals surface area contributed by atoms with Crippen LogP contribution in [0.1, 0.15) is 6.42 Å². The number of rotatable bonds is 0. The first-order valence-electron chi connectivity index (χ1n) is 3.31. The van der Waals surface area contributed by atoms with Crippen molar-refractivity contribution in [1.82, 2.24) is 4.72 Å². The first-order chi connectivity index (χ1) is 4.97. The molecule has 0 aromatic heterocycles. The Labute approximate surface area is 64.2 Å². The predicted molar refractivity (Wildman–Crippen MR) is 44.9 cm³/mol. The van der Waals surface area contributed by atoms with Crippen molar-refractivity contribution < 1.29 is 0 Å². The van der Waals surface area contributed by atoms with Gasteiger partial charge in [-0.3, -0.25) is 9.71 Å². The summed E-state index contributed by atoms with van der Waals surface area (Å²) >= 11 is 1.67. The molecule has 0 atom stereocenters. The number of nitrogens with one attached hydrogen (secondary N) is 1. The normalized spacial score (nSPS) is 23.2. The zero-order valence-electron chi connectivity index (χ0n) is 5.50. The van der Waals surface area contributed by atoms with Gasteiger partial charge in [0.25, 0.3) is 0 Å². The summed E-state index contributed by atoms with van der Waals surface area (Å²) < 4.78 is 3.23. The van der Waals surface area contributed by atoms with Crippen LogP contribution in [-0.4, -0.2) is 12.8 Å². The number of hydrogen-bond donors (Lipinski definition) is 1. The number of nitrogens with zero attached hydrogens (tertiary/aromatic N) is 1. The molecule has 0 unspecified atom stereocenters. The fraction of sp³-hybridized carbons (Fsp3) is 0.286. The van der Waals surface area contributed by atoms with Gasteiger partial charge < -0.3 is 0 Å². The van der Waals surface area contributed by atoms with Crippen LogP contribution in [0.3, 0.4) is 0 Å². The number of aliphatic imine (C=N–C) groups is 1. The average molecular weight is 152 g/mol. The lowest BCUT2D eigenvalue weighted by Crippen LogP contribution is -2.01. The average Bonchev–Trinajstić information content (AvgIpc) is 2.28. The van der Waals surface area contributed by atoms with Gasteiger partial charge in [0.1, 0.15) is 0 Å². The predicted octanol–water partition coefficient (Wildman–Crippen LogP) is 1.48. The molecular weight excluding hydrogens is 144 g/mol. The highest BCUT2D eigenvalue weighted by Crippen LogP contribution is 2.27. The second-order valence-corrected chi connectivity index (χ2v) is 3.12. The molecule has 2 aliphatic heterocycles. The van der Waals surface area contributed by atoms with E-state index in [1.165, 1.54) is 4.91 Å². The Morgan fingerprint density at radius 3 is 3.60 bits per heavy atom. The van der Waals surface area contributed by atoms with Crippen molar-refractivity contribution in [2.75, 3.05) is 6.54 Å². The van der Waals surface area contributed by atoms with Gasteiger partial charge >= 0.3 is 0 Å². The minimum Gasteiger partial charge on any atom is -0.260 e. The summed E-state index contributed by atoms with van der Waals surface area (Å²) in [6.07, 6.45) is 7.13. The van der Waals surface area contributed by atoms with E-state index in [2.05, 4.69) is 15.8 Å². The van der Waals surface area contributed by atoms with Crippen molar-refractivity contribution >= 4 is 18.2 Å². The van der Waals surface area contributed by atoms with Crippen LogP contribution in [0.2, 0.25) is 0 Å². The summed E-state index contributed by atoms with van der Waals surface area (Å²) in [6.45, 7) is 1.04. The molecule has 0 aromatic carbocycles. The summed E-state index contributed by atoms with van der Waals surface area (Å²) in [5.74, 6) is 0. The number of allylic oxidation sites excluding steroid dienone is 1. The molecular formula is C7H8N2S. The molecule has 0 aromatic rings. The molecule has 0 spiro atoms. The maximum absolute atomic E-state index is 4.20. The van der Waals surface area contributed by atoms with E-state index in [-0.39, 0.29) is 0 Å². The van der Waals surface area contributed by atoms with Gasteiger partial charge in [-0.1, -0.05) is 6.08 Å². The maximum Gasteiger partial charge on any atom is 0.0739 e. The van der Waals surface area contributed by atoms with Gasteiger partial charge in [-0.2, -0.15) is 0 Å². The second-order valence-electron chi connectivity index (χ2n) is 2.18. The van der Waals surface area contributed by atoms with Crippen molar-refractivity contribution in [3.05, 3.63) is 22.8 Å². The summed E-state index contributed by atoms with van der Waals surface area (Å²) in [4.78, 5) is 5.45. The van der Waals surface area contributed by atoms with Gasteiger partial charge in [-0.05, 0) is 24.4 Å². The van der Waals surface area contributed by atoms with Crippen LogP contribution in [0.15, 0.2) is 27.7 Å². The van der Waals surface area contributed by atoms with E-state index in [4.69, 9.17) is 0 Å². The van der Waals surface area contributed by atoms with Crippen LogP contribution in [0, 0.1) is 0 Å². The third-order valence-electron chi connectivity index (χ3n) is 1.46. The van der Waals surface area contributed by atoms with E-state index in [9.17, 15) is 0 Å². The molecule has 52 valence electrons. The summed E-state index contributed by atoms with van der Waals surface area (Å²) in [6, 6.07) is 0. The number of hydrogen-bond acceptors (Lipinski definition) is 3. The highest BCUT2D eigenvalue weighted by Gasteiger charge is 2.10. The van der Waals surface area contributed by atoms with Crippen molar-refractivity contribution in [2.24, 2.45) is 4.99 Å². The molecule has 2 nitrogen and oxygen atoms in total. The first-order valence-corrected chi connectivity index (χ1v) is 4.13. The third-order valence-corrected chi connectivity index (χ3v) is 2.37. The van der Waals surface area contributed by atoms with Gasteiger partial charge in [0.2, 0.25) is 0 Å². The van der Waals surface area contributed by atoms with E-state index in [1.54, 1.807) is 11.9 Å². The van der Waals surface area contributed by atoms with Crippen LogP contribution in [-0.2, 0) is 0 Å². The van der Waals surface area contributed by atoms with E-state index < -0.39 is 0 Å². The van der Waals surface area contributed by atoms with Crippen LogP contribution in [0.4, 0.5) is 0 Å². The highest BCUT2D eigenvalue weighted by atomic mass is 32.2. The Balaban J connectivity index is 2.28. The molecule has 1 N–H and O–H groups in total. The Kier molecular flexibility index (Phi) is 1.61. The summed E-state index contributed by atoms with van der Waals surface area (Å²) in [5.41, 5.74) is 1.13.